The molecule has 1 atom stereocenters. The molecule has 0 spiro atoms. The Hall–Kier alpha value is -1.27. The number of hydrogen-bond donors (Lipinski definition) is 2. The lowest BCUT2D eigenvalue weighted by molar-refractivity contribution is 0.0900. The van der Waals surface area contributed by atoms with Gasteiger partial charge in [-0.05, 0) is 46.8 Å². The van der Waals surface area contributed by atoms with Crippen LogP contribution in [0.4, 0.5) is 0 Å². The van der Waals surface area contributed by atoms with Crippen molar-refractivity contribution >= 4 is 21.8 Å². The summed E-state index contributed by atoms with van der Waals surface area (Å²) >= 11 is 3.35. The number of benzene rings is 1. The van der Waals surface area contributed by atoms with Gasteiger partial charge in [0, 0.05) is 12.1 Å². The van der Waals surface area contributed by atoms with Crippen molar-refractivity contribution in [3.63, 3.8) is 0 Å². The molecule has 6 heteroatoms. The molecular formula is C14H18BrNO4. The van der Waals surface area contributed by atoms with E-state index < -0.39 is 6.10 Å². The Kier molecular flexibility index (Phi) is 4.88. The van der Waals surface area contributed by atoms with Gasteiger partial charge in [-0.1, -0.05) is 0 Å². The number of methoxy groups -OCH3 is 2. The summed E-state index contributed by atoms with van der Waals surface area (Å²) in [7, 11) is 3.05. The van der Waals surface area contributed by atoms with Crippen molar-refractivity contribution in [2.45, 2.75) is 18.9 Å². The molecule has 0 aromatic heterocycles. The van der Waals surface area contributed by atoms with Gasteiger partial charge in [-0.2, -0.15) is 0 Å². The third-order valence-corrected chi connectivity index (χ3v) is 4.13. The van der Waals surface area contributed by atoms with Crippen LogP contribution in [0.25, 0.3) is 0 Å². The first kappa shape index (κ1) is 15.1. The van der Waals surface area contributed by atoms with E-state index in [-0.39, 0.29) is 12.5 Å². The van der Waals surface area contributed by atoms with Crippen molar-refractivity contribution in [1.29, 1.82) is 0 Å². The monoisotopic (exact) mass is 343 g/mol. The van der Waals surface area contributed by atoms with Crippen LogP contribution in [-0.2, 0) is 0 Å². The van der Waals surface area contributed by atoms with Crippen molar-refractivity contribution in [3.8, 4) is 11.5 Å². The molecule has 110 valence electrons. The van der Waals surface area contributed by atoms with Crippen LogP contribution in [0.15, 0.2) is 16.6 Å². The molecule has 0 aliphatic heterocycles. The highest BCUT2D eigenvalue weighted by molar-refractivity contribution is 9.10. The molecule has 5 nitrogen and oxygen atoms in total. The number of carbonyl (C=O) groups is 1. The maximum Gasteiger partial charge on any atom is 0.251 e. The number of ether oxygens (including phenoxy) is 2. The Morgan fingerprint density at radius 2 is 1.95 bits per heavy atom. The van der Waals surface area contributed by atoms with Crippen LogP contribution in [0.1, 0.15) is 23.2 Å². The van der Waals surface area contributed by atoms with Gasteiger partial charge in [0.2, 0.25) is 0 Å². The smallest absolute Gasteiger partial charge is 0.251 e. The number of nitrogens with one attached hydrogen (secondary N) is 1. The highest BCUT2D eigenvalue weighted by Crippen LogP contribution is 2.35. The summed E-state index contributed by atoms with van der Waals surface area (Å²) in [6.45, 7) is 0.268. The molecule has 1 amide bonds. The molecule has 2 rings (SSSR count). The second kappa shape index (κ2) is 6.45. The van der Waals surface area contributed by atoms with Crippen molar-refractivity contribution in [2.75, 3.05) is 20.8 Å². The first-order valence-corrected chi connectivity index (χ1v) is 7.24. The molecule has 20 heavy (non-hydrogen) atoms. The quantitative estimate of drug-likeness (QED) is 0.828. The van der Waals surface area contributed by atoms with Gasteiger partial charge in [0.25, 0.3) is 5.91 Å². The van der Waals surface area contributed by atoms with Gasteiger partial charge < -0.3 is 19.9 Å². The summed E-state index contributed by atoms with van der Waals surface area (Å²) in [6, 6.07) is 3.26. The summed E-state index contributed by atoms with van der Waals surface area (Å²) in [6.07, 6.45) is 1.62. The van der Waals surface area contributed by atoms with Crippen molar-refractivity contribution in [2.24, 2.45) is 5.92 Å². The molecule has 0 heterocycles. The average molecular weight is 344 g/mol. The predicted octanol–water partition coefficient (Wildman–Crippen LogP) is 1.97. The molecule has 0 bridgehead atoms. The van der Waals surface area contributed by atoms with E-state index in [2.05, 4.69) is 21.2 Å². The predicted molar refractivity (Wildman–Crippen MR) is 78.3 cm³/mol. The molecule has 1 unspecified atom stereocenters. The fraction of sp³-hybridized carbons (Fsp3) is 0.500. The largest absolute Gasteiger partial charge is 0.495 e. The molecule has 1 aromatic carbocycles. The van der Waals surface area contributed by atoms with Crippen molar-refractivity contribution in [3.05, 3.63) is 22.2 Å². The molecule has 0 saturated heterocycles. The third-order valence-electron chi connectivity index (χ3n) is 3.35. The zero-order chi connectivity index (χ0) is 14.7. The molecule has 2 N–H and O–H groups in total. The average Bonchev–Trinajstić information content (AvgIpc) is 3.29. The summed E-state index contributed by atoms with van der Waals surface area (Å²) in [5, 5.41) is 12.5. The van der Waals surface area contributed by atoms with Crippen LogP contribution < -0.4 is 14.8 Å². The number of aliphatic hydroxyl groups excluding tert-OH is 1. The van der Waals surface area contributed by atoms with E-state index in [1.807, 2.05) is 0 Å². The van der Waals surface area contributed by atoms with E-state index >= 15 is 0 Å². The van der Waals surface area contributed by atoms with Gasteiger partial charge in [-0.3, -0.25) is 4.79 Å². The van der Waals surface area contributed by atoms with Crippen LogP contribution in [-0.4, -0.2) is 37.9 Å². The molecule has 1 saturated carbocycles. The van der Waals surface area contributed by atoms with Gasteiger partial charge in [0.05, 0.1) is 20.3 Å². The molecule has 1 aliphatic rings. The third kappa shape index (κ3) is 3.43. The zero-order valence-electron chi connectivity index (χ0n) is 11.5. The Labute approximate surface area is 126 Å². The Bertz CT molecular complexity index is 477. The molecule has 1 aromatic rings. The van der Waals surface area contributed by atoms with E-state index in [0.717, 1.165) is 12.8 Å². The van der Waals surface area contributed by atoms with Gasteiger partial charge >= 0.3 is 0 Å². The van der Waals surface area contributed by atoms with Crippen LogP contribution >= 0.6 is 15.9 Å². The second-order valence-corrected chi connectivity index (χ2v) is 5.60. The molecule has 0 radical (unpaired) electrons. The first-order chi connectivity index (χ1) is 9.56. The van der Waals surface area contributed by atoms with Gasteiger partial charge in [-0.25, -0.2) is 0 Å². The molecule has 1 fully saturated rings. The lowest BCUT2D eigenvalue weighted by Crippen LogP contribution is -2.33. The van der Waals surface area contributed by atoms with Crippen LogP contribution in [0.3, 0.4) is 0 Å². The highest BCUT2D eigenvalue weighted by Gasteiger charge is 2.29. The standard InChI is InChI=1S/C14H18BrNO4/c1-19-11-5-9(6-12(20-2)13(11)15)14(18)16-7-10(17)8-3-4-8/h5-6,8,10,17H,3-4,7H2,1-2H3,(H,16,18). The van der Waals surface area contributed by atoms with E-state index in [0.29, 0.717) is 27.5 Å². The van der Waals surface area contributed by atoms with E-state index in [4.69, 9.17) is 9.47 Å². The zero-order valence-corrected chi connectivity index (χ0v) is 13.1. The number of aliphatic hydroxyl groups is 1. The maximum atomic E-state index is 12.1. The van der Waals surface area contributed by atoms with Gasteiger partial charge in [-0.15, -0.1) is 0 Å². The molecular weight excluding hydrogens is 326 g/mol. The number of amides is 1. The minimum atomic E-state index is -0.460. The lowest BCUT2D eigenvalue weighted by Gasteiger charge is -2.13. The summed E-state index contributed by atoms with van der Waals surface area (Å²) < 4.78 is 11.1. The highest BCUT2D eigenvalue weighted by atomic mass is 79.9. The summed E-state index contributed by atoms with van der Waals surface area (Å²) in [5.74, 6) is 1.13. The van der Waals surface area contributed by atoms with Crippen molar-refractivity contribution in [1.82, 2.24) is 5.32 Å². The number of rotatable bonds is 6. The van der Waals surface area contributed by atoms with E-state index in [1.54, 1.807) is 12.1 Å². The Morgan fingerprint density at radius 1 is 1.40 bits per heavy atom. The topological polar surface area (TPSA) is 67.8 Å². The first-order valence-electron chi connectivity index (χ1n) is 6.44. The van der Waals surface area contributed by atoms with Crippen LogP contribution in [0.5, 0.6) is 11.5 Å². The Morgan fingerprint density at radius 3 is 2.40 bits per heavy atom. The van der Waals surface area contributed by atoms with E-state index in [9.17, 15) is 9.90 Å². The summed E-state index contributed by atoms with van der Waals surface area (Å²) in [4.78, 5) is 12.1. The van der Waals surface area contributed by atoms with Crippen LogP contribution in [0, 0.1) is 5.92 Å². The molecule has 1 aliphatic carbocycles. The fourth-order valence-corrected chi connectivity index (χ4v) is 2.50. The Balaban J connectivity index is 2.08. The SMILES string of the molecule is COc1cc(C(=O)NCC(O)C2CC2)cc(OC)c1Br. The maximum absolute atomic E-state index is 12.1. The van der Waals surface area contributed by atoms with Crippen molar-refractivity contribution < 1.29 is 19.4 Å². The number of carbonyl (C=O) groups excluding carboxylic acids is 1. The number of halogens is 1. The minimum Gasteiger partial charge on any atom is -0.495 e. The fourth-order valence-electron chi connectivity index (χ4n) is 1.95. The lowest BCUT2D eigenvalue weighted by atomic mass is 10.1. The van der Waals surface area contributed by atoms with Gasteiger partial charge in [0.1, 0.15) is 16.0 Å². The summed E-state index contributed by atoms with van der Waals surface area (Å²) in [5.41, 5.74) is 0.435. The number of hydrogen-bond acceptors (Lipinski definition) is 4. The van der Waals surface area contributed by atoms with Crippen LogP contribution in [0.2, 0.25) is 0 Å². The normalized spacial score (nSPS) is 15.6. The second-order valence-electron chi connectivity index (χ2n) is 4.81. The van der Waals surface area contributed by atoms with E-state index in [1.165, 1.54) is 14.2 Å². The van der Waals surface area contributed by atoms with Gasteiger partial charge in [0.15, 0.2) is 0 Å². The minimum absolute atomic E-state index is 0.256.